The van der Waals surface area contributed by atoms with E-state index in [0.717, 1.165) is 22.3 Å². The first-order chi connectivity index (χ1) is 26.0. The fourth-order valence-corrected chi connectivity index (χ4v) is 8.06. The maximum Gasteiger partial charge on any atom is 0.163 e. The van der Waals surface area contributed by atoms with Crippen molar-refractivity contribution in [2.75, 3.05) is 13.2 Å². The highest BCUT2D eigenvalue weighted by atomic mass is 16.8. The fourth-order valence-electron chi connectivity index (χ4n) is 8.06. The third kappa shape index (κ3) is 8.92. The van der Waals surface area contributed by atoms with Crippen LogP contribution in [0.4, 0.5) is 0 Å². The van der Waals surface area contributed by atoms with Gasteiger partial charge in [0, 0.05) is 12.3 Å². The van der Waals surface area contributed by atoms with Crippen molar-refractivity contribution < 1.29 is 42.6 Å². The molecule has 4 aromatic rings. The Kier molecular flexibility index (Phi) is 11.6. The Morgan fingerprint density at radius 2 is 1.04 bits per heavy atom. The summed E-state index contributed by atoms with van der Waals surface area (Å²) in [6.45, 7) is 6.20. The number of ether oxygens (including phenoxy) is 9. The molecule has 53 heavy (non-hydrogen) atoms. The molecule has 9 heteroatoms. The maximum absolute atomic E-state index is 7.26. The molecule has 4 saturated heterocycles. The highest BCUT2D eigenvalue weighted by Crippen LogP contribution is 2.46. The van der Waals surface area contributed by atoms with E-state index in [4.69, 9.17) is 42.6 Å². The van der Waals surface area contributed by atoms with E-state index in [9.17, 15) is 0 Å². The highest BCUT2D eigenvalue weighted by Gasteiger charge is 2.60. The van der Waals surface area contributed by atoms with Gasteiger partial charge in [-0.05, 0) is 36.1 Å². The van der Waals surface area contributed by atoms with Crippen molar-refractivity contribution in [2.24, 2.45) is 5.92 Å². The molecule has 4 fully saturated rings. The average molecular weight is 723 g/mol. The molecule has 10 atom stereocenters. The molecule has 4 aromatic carbocycles. The number of hydrogen-bond acceptors (Lipinski definition) is 9. The second kappa shape index (κ2) is 16.9. The normalized spacial score (nSPS) is 31.9. The van der Waals surface area contributed by atoms with E-state index >= 15 is 0 Å². The van der Waals surface area contributed by atoms with Crippen LogP contribution in [0.3, 0.4) is 0 Å². The molecule has 0 unspecified atom stereocenters. The molecule has 4 heterocycles. The van der Waals surface area contributed by atoms with Crippen molar-refractivity contribution in [3.05, 3.63) is 144 Å². The van der Waals surface area contributed by atoms with Gasteiger partial charge in [-0.15, -0.1) is 0 Å². The minimum atomic E-state index is -0.904. The summed E-state index contributed by atoms with van der Waals surface area (Å²) in [5.74, 6) is -0.970. The first-order valence-electron chi connectivity index (χ1n) is 18.9. The van der Waals surface area contributed by atoms with Gasteiger partial charge in [0.1, 0.15) is 36.6 Å². The Morgan fingerprint density at radius 3 is 1.60 bits per heavy atom. The van der Waals surface area contributed by atoms with Crippen molar-refractivity contribution >= 4 is 0 Å². The second-order valence-corrected chi connectivity index (χ2v) is 14.8. The fraction of sp³-hybridized carbons (Fsp3) is 0.455. The van der Waals surface area contributed by atoms with Crippen molar-refractivity contribution in [3.63, 3.8) is 0 Å². The van der Waals surface area contributed by atoms with Crippen LogP contribution in [0.15, 0.2) is 121 Å². The van der Waals surface area contributed by atoms with Crippen LogP contribution in [-0.2, 0) is 69.1 Å². The van der Waals surface area contributed by atoms with Gasteiger partial charge in [0.2, 0.25) is 0 Å². The summed E-state index contributed by atoms with van der Waals surface area (Å²) in [5, 5.41) is 0. The molecule has 0 saturated carbocycles. The third-order valence-corrected chi connectivity index (χ3v) is 10.5. The number of fused-ring (bicyclic) bond motifs is 4. The Labute approximate surface area is 312 Å². The van der Waals surface area contributed by atoms with E-state index in [-0.39, 0.29) is 31.0 Å². The molecule has 0 aromatic heterocycles. The lowest BCUT2D eigenvalue weighted by Gasteiger charge is -2.55. The topological polar surface area (TPSA) is 83.1 Å². The van der Waals surface area contributed by atoms with Gasteiger partial charge in [-0.3, -0.25) is 0 Å². The third-order valence-electron chi connectivity index (χ3n) is 10.5. The van der Waals surface area contributed by atoms with Gasteiger partial charge in [0.15, 0.2) is 12.1 Å². The molecule has 0 radical (unpaired) electrons. The summed E-state index contributed by atoms with van der Waals surface area (Å²) in [6.07, 6.45) is -3.27. The predicted molar refractivity (Wildman–Crippen MR) is 196 cm³/mol. The molecule has 4 aliphatic heterocycles. The van der Waals surface area contributed by atoms with Crippen molar-refractivity contribution in [3.8, 4) is 0 Å². The molecular weight excluding hydrogens is 672 g/mol. The van der Waals surface area contributed by atoms with Crippen LogP contribution < -0.4 is 0 Å². The first kappa shape index (κ1) is 36.5. The molecule has 0 amide bonds. The SMILES string of the molecule is CC1(C)O[C@@H]([C@@H]2O[C@H](COCc3ccccc3)[C@H](OCc3ccccc3)[C@H](OCc3ccccc3)[C@H]2OCc2ccccc2)[C@@H]2C[C@@H]3OC[C@@H](O3)[C@@H]2O1. The Morgan fingerprint density at radius 1 is 0.547 bits per heavy atom. The van der Waals surface area contributed by atoms with Gasteiger partial charge >= 0.3 is 0 Å². The molecule has 0 N–H and O–H groups in total. The second-order valence-electron chi connectivity index (χ2n) is 14.8. The lowest BCUT2D eigenvalue weighted by atomic mass is 9.79. The van der Waals surface area contributed by atoms with E-state index in [1.54, 1.807) is 0 Å². The Hall–Kier alpha value is -3.48. The van der Waals surface area contributed by atoms with E-state index in [2.05, 4.69) is 48.5 Å². The summed E-state index contributed by atoms with van der Waals surface area (Å²) < 4.78 is 60.3. The van der Waals surface area contributed by atoms with Crippen LogP contribution in [0.25, 0.3) is 0 Å². The molecular formula is C44H50O9. The molecule has 8 rings (SSSR count). The molecule has 280 valence electrons. The van der Waals surface area contributed by atoms with E-state index in [1.807, 2.05) is 86.6 Å². The van der Waals surface area contributed by atoms with E-state index < -0.39 is 42.4 Å². The van der Waals surface area contributed by atoms with Gasteiger partial charge in [-0.1, -0.05) is 121 Å². The van der Waals surface area contributed by atoms with Crippen LogP contribution in [0.5, 0.6) is 0 Å². The smallest absolute Gasteiger partial charge is 0.163 e. The van der Waals surface area contributed by atoms with Gasteiger partial charge < -0.3 is 42.6 Å². The van der Waals surface area contributed by atoms with Crippen LogP contribution in [-0.4, -0.2) is 74.1 Å². The minimum Gasteiger partial charge on any atom is -0.374 e. The molecule has 2 bridgehead atoms. The zero-order valence-corrected chi connectivity index (χ0v) is 30.4. The van der Waals surface area contributed by atoms with E-state index in [1.165, 1.54) is 0 Å². The van der Waals surface area contributed by atoms with Crippen LogP contribution in [0.1, 0.15) is 42.5 Å². The first-order valence-corrected chi connectivity index (χ1v) is 18.9. The maximum atomic E-state index is 7.26. The molecule has 0 aliphatic carbocycles. The van der Waals surface area contributed by atoms with Gasteiger partial charge in [-0.2, -0.15) is 0 Å². The Balaban J connectivity index is 1.16. The molecule has 4 aliphatic rings. The quantitative estimate of drug-likeness (QED) is 0.137. The lowest BCUT2D eigenvalue weighted by Crippen LogP contribution is -2.69. The Bertz CT molecular complexity index is 1690. The summed E-state index contributed by atoms with van der Waals surface area (Å²) in [4.78, 5) is 0. The summed E-state index contributed by atoms with van der Waals surface area (Å²) in [7, 11) is 0. The minimum absolute atomic E-state index is 0.0652. The van der Waals surface area contributed by atoms with Crippen LogP contribution in [0.2, 0.25) is 0 Å². The summed E-state index contributed by atoms with van der Waals surface area (Å²) >= 11 is 0. The average Bonchev–Trinajstić information content (AvgIpc) is 3.59. The highest BCUT2D eigenvalue weighted by molar-refractivity contribution is 5.17. The monoisotopic (exact) mass is 722 g/mol. The number of rotatable bonds is 14. The van der Waals surface area contributed by atoms with Crippen LogP contribution >= 0.6 is 0 Å². The summed E-state index contributed by atoms with van der Waals surface area (Å²) in [6, 6.07) is 40.8. The van der Waals surface area contributed by atoms with Crippen molar-refractivity contribution in [1.82, 2.24) is 0 Å². The standard InChI is InChI=1S/C44H50O9/c1-44(2)52-38-34(23-37-46-29-36(38)50-37)39(53-44)43-42(49-27-33-21-13-6-14-22-33)41(48-26-32-19-11-5-12-20-32)40(47-25-31-17-9-4-10-18-31)35(51-43)28-45-24-30-15-7-3-8-16-30/h3-22,34-43H,23-29H2,1-2H3/t34-,35-,36-,37-,38-,39-,40+,41+,42-,43+/m1/s1. The lowest BCUT2D eigenvalue weighted by molar-refractivity contribution is -0.382. The molecule has 0 spiro atoms. The van der Waals surface area contributed by atoms with Crippen LogP contribution in [0, 0.1) is 5.92 Å². The van der Waals surface area contributed by atoms with Crippen molar-refractivity contribution in [2.45, 2.75) is 108 Å². The largest absolute Gasteiger partial charge is 0.374 e. The predicted octanol–water partition coefficient (Wildman–Crippen LogP) is 7.01. The van der Waals surface area contributed by atoms with Gasteiger partial charge in [0.25, 0.3) is 0 Å². The summed E-state index contributed by atoms with van der Waals surface area (Å²) in [5.41, 5.74) is 4.24. The number of benzene rings is 4. The van der Waals surface area contributed by atoms with Gasteiger partial charge in [-0.25, -0.2) is 0 Å². The number of hydrogen-bond donors (Lipinski definition) is 0. The van der Waals surface area contributed by atoms with E-state index in [0.29, 0.717) is 39.5 Å². The van der Waals surface area contributed by atoms with Crippen molar-refractivity contribution in [1.29, 1.82) is 0 Å². The zero-order chi connectivity index (χ0) is 36.0. The zero-order valence-electron chi connectivity index (χ0n) is 30.4. The molecule has 9 nitrogen and oxygen atoms in total. The van der Waals surface area contributed by atoms with Gasteiger partial charge in [0.05, 0.1) is 51.8 Å².